The molecule has 0 saturated heterocycles. The summed E-state index contributed by atoms with van der Waals surface area (Å²) >= 11 is 0. The molecule has 0 aliphatic carbocycles. The van der Waals surface area contributed by atoms with Crippen molar-refractivity contribution in [3.63, 3.8) is 0 Å². The van der Waals surface area contributed by atoms with E-state index in [2.05, 4.69) is 15.8 Å². The lowest BCUT2D eigenvalue weighted by Crippen LogP contribution is -2.12. The first kappa shape index (κ1) is 8.84. The van der Waals surface area contributed by atoms with Crippen molar-refractivity contribution in [3.8, 4) is 11.1 Å². The van der Waals surface area contributed by atoms with Gasteiger partial charge in [-0.25, -0.2) is 4.98 Å². The van der Waals surface area contributed by atoms with Crippen molar-refractivity contribution in [1.29, 1.82) is 0 Å². The van der Waals surface area contributed by atoms with Gasteiger partial charge in [-0.3, -0.25) is 0 Å². The van der Waals surface area contributed by atoms with Crippen LogP contribution < -0.4 is 10.9 Å². The number of hydrazine groups is 2. The number of aromatic nitrogens is 1. The zero-order valence-electron chi connectivity index (χ0n) is 8.38. The van der Waals surface area contributed by atoms with Crippen LogP contribution in [0.15, 0.2) is 42.6 Å². The van der Waals surface area contributed by atoms with E-state index >= 15 is 0 Å². The van der Waals surface area contributed by atoms with Crippen molar-refractivity contribution >= 4 is 11.5 Å². The van der Waals surface area contributed by atoms with Crippen molar-refractivity contribution in [3.05, 3.63) is 48.1 Å². The number of nitrogens with zero attached hydrogens (tertiary/aromatic N) is 3. The smallest absolute Gasteiger partial charge is 0.144 e. The first-order chi connectivity index (χ1) is 7.84. The highest BCUT2D eigenvalue weighted by molar-refractivity contribution is 5.85. The predicted molar refractivity (Wildman–Crippen MR) is 60.5 cm³/mol. The number of nitrogens with one attached hydrogen (secondary N) is 2. The molecule has 0 amide bonds. The molecule has 0 spiro atoms. The topological polar surface area (TPSA) is 62.3 Å². The molecule has 1 aliphatic heterocycles. The minimum atomic E-state index is 0.615. The molecule has 0 saturated carbocycles. The highest BCUT2D eigenvalue weighted by Gasteiger charge is 2.18. The van der Waals surface area contributed by atoms with E-state index in [4.69, 9.17) is 0 Å². The second-order valence-corrected chi connectivity index (χ2v) is 3.48. The SMILES string of the molecule is [N-]=[N+]1Nc2nccc(-c3ccccc3)c2N1. The molecule has 0 atom stereocenters. The fourth-order valence-corrected chi connectivity index (χ4v) is 1.75. The van der Waals surface area contributed by atoms with Crippen molar-refractivity contribution in [2.75, 3.05) is 10.9 Å². The molecule has 78 valence electrons. The lowest BCUT2D eigenvalue weighted by molar-refractivity contribution is -0.478. The summed E-state index contributed by atoms with van der Waals surface area (Å²) in [4.78, 5) is 4.92. The third kappa shape index (κ3) is 1.30. The maximum atomic E-state index is 9.29. The summed E-state index contributed by atoms with van der Waals surface area (Å²) in [6.45, 7) is 0. The quantitative estimate of drug-likeness (QED) is 0.712. The molecule has 0 unspecified atom stereocenters. The summed E-state index contributed by atoms with van der Waals surface area (Å²) in [6, 6.07) is 11.8. The summed E-state index contributed by atoms with van der Waals surface area (Å²) in [5.74, 6) is 0.615. The van der Waals surface area contributed by atoms with Crippen LogP contribution >= 0.6 is 0 Å². The monoisotopic (exact) mass is 211 g/mol. The van der Waals surface area contributed by atoms with Crippen LogP contribution in [0.25, 0.3) is 16.7 Å². The van der Waals surface area contributed by atoms with E-state index in [1.54, 1.807) is 6.20 Å². The number of benzene rings is 1. The van der Waals surface area contributed by atoms with Gasteiger partial charge in [-0.1, -0.05) is 30.3 Å². The number of hydrogen-bond donors (Lipinski definition) is 2. The van der Waals surface area contributed by atoms with E-state index in [9.17, 15) is 5.53 Å². The molecule has 16 heavy (non-hydrogen) atoms. The normalized spacial score (nSPS) is 12.9. The van der Waals surface area contributed by atoms with Crippen molar-refractivity contribution < 1.29 is 4.92 Å². The summed E-state index contributed by atoms with van der Waals surface area (Å²) in [5.41, 5.74) is 17.6. The van der Waals surface area contributed by atoms with Crippen LogP contribution in [0.4, 0.5) is 11.5 Å². The van der Waals surface area contributed by atoms with Crippen LogP contribution in [0.2, 0.25) is 0 Å². The lowest BCUT2D eigenvalue weighted by Gasteiger charge is -2.05. The molecule has 0 bridgehead atoms. The zero-order chi connectivity index (χ0) is 11.0. The summed E-state index contributed by atoms with van der Waals surface area (Å²) < 4.78 is 0. The third-order valence-corrected chi connectivity index (χ3v) is 2.47. The maximum absolute atomic E-state index is 9.29. The number of anilines is 2. The molecule has 2 aromatic rings. The van der Waals surface area contributed by atoms with Crippen LogP contribution in [0.1, 0.15) is 0 Å². The largest absolute Gasteiger partial charge is 0.248 e. The minimum Gasteiger partial charge on any atom is -0.248 e. The van der Waals surface area contributed by atoms with Gasteiger partial charge in [-0.05, 0) is 22.1 Å². The maximum Gasteiger partial charge on any atom is 0.144 e. The van der Waals surface area contributed by atoms with Crippen LogP contribution in [-0.2, 0) is 0 Å². The highest BCUT2D eigenvalue weighted by Crippen LogP contribution is 2.35. The molecule has 3 rings (SSSR count). The molecule has 1 aromatic carbocycles. The fraction of sp³-hybridized carbons (Fsp3) is 0. The zero-order valence-corrected chi connectivity index (χ0v) is 8.38. The van der Waals surface area contributed by atoms with E-state index in [-0.39, 0.29) is 0 Å². The summed E-state index contributed by atoms with van der Waals surface area (Å²) in [6.07, 6.45) is 1.70. The van der Waals surface area contributed by atoms with Gasteiger partial charge < -0.3 is 0 Å². The third-order valence-electron chi connectivity index (χ3n) is 2.47. The Morgan fingerprint density at radius 1 is 1.06 bits per heavy atom. The number of hydrogen-bond acceptors (Lipinski definition) is 1. The molecular formula is C11H9N5. The van der Waals surface area contributed by atoms with Crippen LogP contribution in [0, 0.1) is 0 Å². The molecule has 5 heteroatoms. The molecule has 0 radical (unpaired) electrons. The Kier molecular flexibility index (Phi) is 1.83. The van der Waals surface area contributed by atoms with Gasteiger partial charge in [-0.15, -0.1) is 0 Å². The van der Waals surface area contributed by atoms with Gasteiger partial charge in [0.25, 0.3) is 0 Å². The first-order valence-corrected chi connectivity index (χ1v) is 4.91. The second kappa shape index (κ2) is 3.30. The van der Waals surface area contributed by atoms with Gasteiger partial charge in [0, 0.05) is 11.8 Å². The average molecular weight is 211 g/mol. The average Bonchev–Trinajstić information content (AvgIpc) is 2.70. The molecule has 2 N–H and O–H groups in total. The summed E-state index contributed by atoms with van der Waals surface area (Å²) in [7, 11) is 0. The molecule has 1 aromatic heterocycles. The van der Waals surface area contributed by atoms with E-state index in [0.29, 0.717) is 5.82 Å². The van der Waals surface area contributed by atoms with E-state index < -0.39 is 0 Å². The lowest BCUT2D eigenvalue weighted by atomic mass is 10.1. The predicted octanol–water partition coefficient (Wildman–Crippen LogP) is 2.45. The van der Waals surface area contributed by atoms with Crippen LogP contribution in [0.5, 0.6) is 0 Å². The van der Waals surface area contributed by atoms with E-state index in [1.807, 2.05) is 36.4 Å². The number of pyridine rings is 1. The highest BCUT2D eigenvalue weighted by atomic mass is 15.8. The molecule has 5 nitrogen and oxygen atoms in total. The van der Waals surface area contributed by atoms with Crippen molar-refractivity contribution in [1.82, 2.24) is 4.98 Å². The standard InChI is InChI=1S/C11H9N5/c12-16-14-10-9(6-7-13-11(10)15-16)8-4-2-1-3-5-8/h1-7,14H,(H,13,15). The fourth-order valence-electron chi connectivity index (χ4n) is 1.75. The van der Waals surface area contributed by atoms with Gasteiger partial charge in [0.05, 0.1) is 5.69 Å². The van der Waals surface area contributed by atoms with Crippen molar-refractivity contribution in [2.45, 2.75) is 0 Å². The number of fused-ring (bicyclic) bond motifs is 1. The molecule has 2 heterocycles. The Morgan fingerprint density at radius 2 is 1.88 bits per heavy atom. The van der Waals surface area contributed by atoms with Crippen molar-refractivity contribution in [2.24, 2.45) is 0 Å². The Hall–Kier alpha value is -2.43. The first-order valence-electron chi connectivity index (χ1n) is 4.91. The van der Waals surface area contributed by atoms with Crippen LogP contribution in [-0.4, -0.2) is 9.90 Å². The van der Waals surface area contributed by atoms with Gasteiger partial charge in [0.15, 0.2) is 0 Å². The van der Waals surface area contributed by atoms with Gasteiger partial charge in [0.1, 0.15) is 5.82 Å². The Morgan fingerprint density at radius 3 is 2.69 bits per heavy atom. The molecular weight excluding hydrogens is 202 g/mol. The second-order valence-electron chi connectivity index (χ2n) is 3.48. The Bertz CT molecular complexity index is 550. The Labute approximate surface area is 92.2 Å². The minimum absolute atomic E-state index is 0.615. The molecule has 0 fully saturated rings. The van der Waals surface area contributed by atoms with E-state index in [0.717, 1.165) is 21.7 Å². The Balaban J connectivity index is 2.17. The van der Waals surface area contributed by atoms with Gasteiger partial charge in [-0.2, -0.15) is 10.9 Å². The molecule has 1 aliphatic rings. The van der Waals surface area contributed by atoms with Gasteiger partial charge >= 0.3 is 0 Å². The van der Waals surface area contributed by atoms with Crippen LogP contribution in [0.3, 0.4) is 0 Å². The van der Waals surface area contributed by atoms with Gasteiger partial charge in [0.2, 0.25) is 0 Å². The van der Waals surface area contributed by atoms with E-state index in [1.165, 1.54) is 0 Å². The summed E-state index contributed by atoms with van der Waals surface area (Å²) in [5, 5.41) is 0. The number of rotatable bonds is 1.